The number of aliphatic hydroxyl groups excluding tert-OH is 1. The van der Waals surface area contributed by atoms with Gasteiger partial charge in [0.05, 0.1) is 6.10 Å². The van der Waals surface area contributed by atoms with Gasteiger partial charge in [-0.15, -0.1) is 0 Å². The van der Waals surface area contributed by atoms with E-state index in [4.69, 9.17) is 23.2 Å². The van der Waals surface area contributed by atoms with Gasteiger partial charge in [-0.3, -0.25) is 9.59 Å². The minimum atomic E-state index is -0.944. The Kier molecular flexibility index (Phi) is 6.86. The molecule has 0 radical (unpaired) electrons. The highest BCUT2D eigenvalue weighted by atomic mass is 35.5. The number of hydrogen-bond donors (Lipinski definition) is 3. The number of amides is 2. The first kappa shape index (κ1) is 19.7. The monoisotopic (exact) mass is 360 g/mol. The number of carbonyl (C=O) groups is 2. The van der Waals surface area contributed by atoms with Crippen LogP contribution < -0.4 is 10.6 Å². The summed E-state index contributed by atoms with van der Waals surface area (Å²) in [7, 11) is 0. The molecule has 0 saturated heterocycles. The van der Waals surface area contributed by atoms with E-state index in [1.807, 2.05) is 0 Å². The van der Waals surface area contributed by atoms with Gasteiger partial charge in [0.1, 0.15) is 6.04 Å². The van der Waals surface area contributed by atoms with Crippen LogP contribution in [0.2, 0.25) is 10.0 Å². The van der Waals surface area contributed by atoms with Gasteiger partial charge in [0.25, 0.3) is 0 Å². The van der Waals surface area contributed by atoms with Crippen LogP contribution in [0.4, 0.5) is 0 Å². The van der Waals surface area contributed by atoms with Gasteiger partial charge in [0.2, 0.25) is 11.8 Å². The van der Waals surface area contributed by atoms with Gasteiger partial charge >= 0.3 is 0 Å². The van der Waals surface area contributed by atoms with E-state index in [0.29, 0.717) is 15.6 Å². The Morgan fingerprint density at radius 1 is 1.17 bits per heavy atom. The third-order valence-corrected chi connectivity index (χ3v) is 3.60. The normalized spacial score (nSPS) is 14.0. The van der Waals surface area contributed by atoms with Crippen molar-refractivity contribution in [3.63, 3.8) is 0 Å². The summed E-state index contributed by atoms with van der Waals surface area (Å²) in [5, 5.41) is 16.1. The zero-order valence-corrected chi connectivity index (χ0v) is 15.1. The lowest BCUT2D eigenvalue weighted by molar-refractivity contribution is -0.133. The second kappa shape index (κ2) is 7.99. The summed E-state index contributed by atoms with van der Waals surface area (Å²) in [6.45, 7) is 6.87. The maximum Gasteiger partial charge on any atom is 0.242 e. The van der Waals surface area contributed by atoms with Crippen LogP contribution in [0, 0.1) is 5.41 Å². The number of nitrogens with one attached hydrogen (secondary N) is 2. The SMILES string of the molecule is C[C@H](NC(=O)C(C)(C)C)C(=O)NC[C@@H](O)c1cc(Cl)cc(Cl)c1. The predicted octanol–water partition coefficient (Wildman–Crippen LogP) is 2.69. The molecule has 0 aromatic heterocycles. The van der Waals surface area contributed by atoms with Gasteiger partial charge in [0.15, 0.2) is 0 Å². The Bertz CT molecular complexity index is 565. The number of rotatable bonds is 5. The topological polar surface area (TPSA) is 78.4 Å². The average molecular weight is 361 g/mol. The van der Waals surface area contributed by atoms with Gasteiger partial charge in [-0.1, -0.05) is 44.0 Å². The molecule has 1 rings (SSSR count). The molecule has 2 amide bonds. The number of hydrogen-bond acceptors (Lipinski definition) is 3. The van der Waals surface area contributed by atoms with Crippen LogP contribution >= 0.6 is 23.2 Å². The number of carbonyl (C=O) groups excluding carboxylic acids is 2. The molecule has 0 fully saturated rings. The first-order valence-corrected chi connectivity index (χ1v) is 7.99. The molecule has 0 unspecified atom stereocenters. The minimum absolute atomic E-state index is 0.00870. The molecule has 0 heterocycles. The molecule has 3 N–H and O–H groups in total. The first-order valence-electron chi connectivity index (χ1n) is 7.23. The van der Waals surface area contributed by atoms with Crippen molar-refractivity contribution in [3.05, 3.63) is 33.8 Å². The van der Waals surface area contributed by atoms with Crippen molar-refractivity contribution in [3.8, 4) is 0 Å². The summed E-state index contributed by atoms with van der Waals surface area (Å²) in [5.74, 6) is -0.600. The van der Waals surface area contributed by atoms with Gasteiger partial charge in [-0.2, -0.15) is 0 Å². The lowest BCUT2D eigenvalue weighted by Crippen LogP contribution is -2.48. The predicted molar refractivity (Wildman–Crippen MR) is 91.5 cm³/mol. The fourth-order valence-electron chi connectivity index (χ4n) is 1.71. The average Bonchev–Trinajstić information content (AvgIpc) is 2.41. The van der Waals surface area contributed by atoms with Gasteiger partial charge in [-0.05, 0) is 30.7 Å². The zero-order valence-electron chi connectivity index (χ0n) is 13.6. The van der Waals surface area contributed by atoms with E-state index in [9.17, 15) is 14.7 Å². The molecule has 0 spiro atoms. The molecule has 7 heteroatoms. The minimum Gasteiger partial charge on any atom is -0.387 e. The van der Waals surface area contributed by atoms with Crippen molar-refractivity contribution in [1.29, 1.82) is 0 Å². The molecular formula is C16H22Cl2N2O3. The molecule has 0 saturated carbocycles. The maximum atomic E-state index is 12.0. The molecule has 1 aromatic carbocycles. The van der Waals surface area contributed by atoms with Crippen LogP contribution in [0.5, 0.6) is 0 Å². The molecule has 0 bridgehead atoms. The van der Waals surface area contributed by atoms with Crippen molar-refractivity contribution in [1.82, 2.24) is 10.6 Å². The highest BCUT2D eigenvalue weighted by molar-refractivity contribution is 6.34. The summed E-state index contributed by atoms with van der Waals surface area (Å²) in [6, 6.07) is 4.02. The van der Waals surface area contributed by atoms with E-state index in [2.05, 4.69) is 10.6 Å². The maximum absolute atomic E-state index is 12.0. The zero-order chi connectivity index (χ0) is 17.8. The second-order valence-corrected chi connectivity index (χ2v) is 7.28. The molecule has 2 atom stereocenters. The van der Waals surface area contributed by atoms with E-state index in [1.54, 1.807) is 45.9 Å². The molecular weight excluding hydrogens is 339 g/mol. The van der Waals surface area contributed by atoms with Crippen molar-refractivity contribution in [2.45, 2.75) is 39.8 Å². The first-order chi connectivity index (χ1) is 10.5. The second-order valence-electron chi connectivity index (χ2n) is 6.41. The van der Waals surface area contributed by atoms with Crippen LogP contribution in [0.15, 0.2) is 18.2 Å². The molecule has 5 nitrogen and oxygen atoms in total. The van der Waals surface area contributed by atoms with E-state index < -0.39 is 17.6 Å². The number of aliphatic hydroxyl groups is 1. The van der Waals surface area contributed by atoms with Crippen LogP contribution in [0.1, 0.15) is 39.4 Å². The summed E-state index contributed by atoms with van der Waals surface area (Å²) in [4.78, 5) is 23.8. The van der Waals surface area contributed by atoms with Crippen molar-refractivity contribution < 1.29 is 14.7 Å². The summed E-state index contributed by atoms with van der Waals surface area (Å²) in [6.07, 6.45) is -0.944. The van der Waals surface area contributed by atoms with E-state index in [-0.39, 0.29) is 18.4 Å². The molecule has 0 aliphatic rings. The third kappa shape index (κ3) is 6.37. The van der Waals surface area contributed by atoms with Crippen LogP contribution in [0.25, 0.3) is 0 Å². The lowest BCUT2D eigenvalue weighted by atomic mass is 9.95. The summed E-state index contributed by atoms with van der Waals surface area (Å²) >= 11 is 11.8. The van der Waals surface area contributed by atoms with Gasteiger partial charge in [0, 0.05) is 22.0 Å². The van der Waals surface area contributed by atoms with Gasteiger partial charge < -0.3 is 15.7 Å². The molecule has 0 aliphatic carbocycles. The highest BCUT2D eigenvalue weighted by Crippen LogP contribution is 2.23. The van der Waals surface area contributed by atoms with Crippen molar-refractivity contribution in [2.24, 2.45) is 5.41 Å². The quantitative estimate of drug-likeness (QED) is 0.755. The molecule has 1 aromatic rings. The molecule has 128 valence electrons. The summed E-state index contributed by atoms with van der Waals surface area (Å²) < 4.78 is 0. The Hall–Kier alpha value is -1.30. The Labute approximate surface area is 146 Å². The van der Waals surface area contributed by atoms with Crippen LogP contribution in [0.3, 0.4) is 0 Å². The fraction of sp³-hybridized carbons (Fsp3) is 0.500. The standard InChI is InChI=1S/C16H22Cl2N2O3/c1-9(20-15(23)16(2,3)4)14(22)19-8-13(21)10-5-11(17)7-12(18)6-10/h5-7,9,13,21H,8H2,1-4H3,(H,19,22)(H,20,23)/t9-,13+/m0/s1. The van der Waals surface area contributed by atoms with Crippen molar-refractivity contribution in [2.75, 3.05) is 6.54 Å². The van der Waals surface area contributed by atoms with Crippen molar-refractivity contribution >= 4 is 35.0 Å². The van der Waals surface area contributed by atoms with Gasteiger partial charge in [-0.25, -0.2) is 0 Å². The number of halogens is 2. The Balaban J connectivity index is 2.56. The van der Waals surface area contributed by atoms with Crippen LogP contribution in [-0.4, -0.2) is 29.5 Å². The highest BCUT2D eigenvalue weighted by Gasteiger charge is 2.25. The van der Waals surface area contributed by atoms with Crippen LogP contribution in [-0.2, 0) is 9.59 Å². The van der Waals surface area contributed by atoms with E-state index in [0.717, 1.165) is 0 Å². The van der Waals surface area contributed by atoms with E-state index >= 15 is 0 Å². The third-order valence-electron chi connectivity index (χ3n) is 3.16. The Morgan fingerprint density at radius 3 is 2.17 bits per heavy atom. The Morgan fingerprint density at radius 2 is 1.70 bits per heavy atom. The fourth-order valence-corrected chi connectivity index (χ4v) is 2.26. The molecule has 23 heavy (non-hydrogen) atoms. The lowest BCUT2D eigenvalue weighted by Gasteiger charge is -2.22. The summed E-state index contributed by atoms with van der Waals surface area (Å²) in [5.41, 5.74) is -0.0693. The van der Waals surface area contributed by atoms with E-state index in [1.165, 1.54) is 0 Å². The smallest absolute Gasteiger partial charge is 0.242 e. The molecule has 0 aliphatic heterocycles. The largest absolute Gasteiger partial charge is 0.387 e. The number of benzene rings is 1.